The highest BCUT2D eigenvalue weighted by Gasteiger charge is 2.18. The summed E-state index contributed by atoms with van der Waals surface area (Å²) < 4.78 is 33.2. The van der Waals surface area contributed by atoms with E-state index >= 15 is 0 Å². The van der Waals surface area contributed by atoms with Gasteiger partial charge in [-0.25, -0.2) is 0 Å². The first-order valence-electron chi connectivity index (χ1n) is 5.88. The first kappa shape index (κ1) is 15.7. The Labute approximate surface area is 113 Å². The topological polar surface area (TPSA) is 69.7 Å². The van der Waals surface area contributed by atoms with Crippen LogP contribution in [-0.4, -0.2) is 28.1 Å². The van der Waals surface area contributed by atoms with Crippen molar-refractivity contribution in [1.82, 2.24) is 0 Å². The van der Waals surface area contributed by atoms with Crippen molar-refractivity contribution < 1.29 is 22.1 Å². The molecule has 0 N–H and O–H groups in total. The summed E-state index contributed by atoms with van der Waals surface area (Å²) in [6.07, 6.45) is 0.125. The van der Waals surface area contributed by atoms with Crippen molar-refractivity contribution in [3.8, 4) is 0 Å². The van der Waals surface area contributed by atoms with Crippen molar-refractivity contribution in [3.63, 3.8) is 0 Å². The van der Waals surface area contributed by atoms with E-state index in [0.29, 0.717) is 0 Å². The molecule has 106 valence electrons. The number of hydrogen-bond donors (Lipinski definition) is 0. The zero-order valence-electron chi connectivity index (χ0n) is 11.3. The molecule has 1 aromatic carbocycles. The number of rotatable bonds is 6. The van der Waals surface area contributed by atoms with E-state index in [4.69, 9.17) is 4.18 Å². The molecule has 0 saturated heterocycles. The van der Waals surface area contributed by atoms with E-state index < -0.39 is 10.1 Å². The summed E-state index contributed by atoms with van der Waals surface area (Å²) in [6, 6.07) is 6.40. The van der Waals surface area contributed by atoms with Gasteiger partial charge in [0, 0.05) is 0 Å². The van der Waals surface area contributed by atoms with Crippen LogP contribution in [0.15, 0.2) is 29.2 Å². The third-order valence-corrected chi connectivity index (χ3v) is 3.86. The van der Waals surface area contributed by atoms with Crippen molar-refractivity contribution in [1.29, 1.82) is 0 Å². The summed E-state index contributed by atoms with van der Waals surface area (Å²) in [5.41, 5.74) is 0.970. The summed E-state index contributed by atoms with van der Waals surface area (Å²) >= 11 is 0. The Morgan fingerprint density at radius 1 is 1.26 bits per heavy atom. The van der Waals surface area contributed by atoms with Gasteiger partial charge in [0.15, 0.2) is 0 Å². The van der Waals surface area contributed by atoms with Crippen LogP contribution in [-0.2, 0) is 23.8 Å². The Balaban J connectivity index is 2.61. The van der Waals surface area contributed by atoms with Gasteiger partial charge in [-0.2, -0.15) is 8.42 Å². The van der Waals surface area contributed by atoms with Crippen LogP contribution in [0.4, 0.5) is 0 Å². The van der Waals surface area contributed by atoms with Crippen LogP contribution in [0, 0.1) is 12.8 Å². The molecule has 0 heterocycles. The summed E-state index contributed by atoms with van der Waals surface area (Å²) in [5, 5.41) is 0. The molecular formula is C13H18O5S. The third kappa shape index (κ3) is 5.00. The van der Waals surface area contributed by atoms with Crippen LogP contribution in [0.25, 0.3) is 0 Å². The van der Waals surface area contributed by atoms with Gasteiger partial charge in [0.2, 0.25) is 0 Å². The van der Waals surface area contributed by atoms with Crippen molar-refractivity contribution in [3.05, 3.63) is 29.8 Å². The van der Waals surface area contributed by atoms with Crippen LogP contribution >= 0.6 is 0 Å². The molecule has 1 aromatic rings. The number of esters is 1. The Kier molecular flexibility index (Phi) is 5.50. The molecule has 5 nitrogen and oxygen atoms in total. The van der Waals surface area contributed by atoms with Crippen LogP contribution in [0.2, 0.25) is 0 Å². The quantitative estimate of drug-likeness (QED) is 0.590. The molecule has 0 saturated carbocycles. The van der Waals surface area contributed by atoms with E-state index in [1.807, 2.05) is 6.92 Å². The third-order valence-electron chi connectivity index (χ3n) is 2.56. The number of carbonyl (C=O) groups excluding carboxylic acids is 1. The van der Waals surface area contributed by atoms with Gasteiger partial charge in [-0.1, -0.05) is 24.6 Å². The Morgan fingerprint density at radius 3 is 2.37 bits per heavy atom. The Hall–Kier alpha value is -1.40. The summed E-state index contributed by atoms with van der Waals surface area (Å²) in [4.78, 5) is 11.1. The number of methoxy groups -OCH3 is 1. The van der Waals surface area contributed by atoms with Gasteiger partial charge in [-0.3, -0.25) is 8.98 Å². The smallest absolute Gasteiger partial charge is 0.305 e. The number of hydrogen-bond acceptors (Lipinski definition) is 5. The monoisotopic (exact) mass is 286 g/mol. The second-order valence-corrected chi connectivity index (χ2v) is 6.05. The first-order chi connectivity index (χ1) is 8.85. The molecule has 19 heavy (non-hydrogen) atoms. The van der Waals surface area contributed by atoms with Gasteiger partial charge in [-0.05, 0) is 25.0 Å². The highest BCUT2D eigenvalue weighted by Crippen LogP contribution is 2.15. The molecule has 0 spiro atoms. The molecule has 1 atom stereocenters. The predicted octanol–water partition coefficient (Wildman–Crippen LogP) is 1.90. The molecule has 0 aliphatic rings. The molecule has 0 radical (unpaired) electrons. The van der Waals surface area contributed by atoms with E-state index in [0.717, 1.165) is 5.56 Å². The minimum absolute atomic E-state index is 0.0503. The number of aryl methyl sites for hydroxylation is 1. The lowest BCUT2D eigenvalue weighted by molar-refractivity contribution is -0.141. The van der Waals surface area contributed by atoms with Crippen LogP contribution < -0.4 is 0 Å². The first-order valence-corrected chi connectivity index (χ1v) is 7.29. The average molecular weight is 286 g/mol. The fourth-order valence-electron chi connectivity index (χ4n) is 1.41. The maximum atomic E-state index is 11.9. The van der Waals surface area contributed by atoms with Crippen molar-refractivity contribution >= 4 is 16.1 Å². The largest absolute Gasteiger partial charge is 0.469 e. The molecule has 0 aliphatic heterocycles. The average Bonchev–Trinajstić information content (AvgIpc) is 2.37. The van der Waals surface area contributed by atoms with Gasteiger partial charge in [0.05, 0.1) is 25.0 Å². The molecule has 1 rings (SSSR count). The molecule has 0 bridgehead atoms. The zero-order chi connectivity index (χ0) is 14.5. The standard InChI is InChI=1S/C13H18O5S/c1-10-4-6-12(7-5-10)19(15,16)18-9-11(2)8-13(14)17-3/h4-7,11H,8-9H2,1-3H3. The van der Waals surface area contributed by atoms with Crippen LogP contribution in [0.1, 0.15) is 18.9 Å². The predicted molar refractivity (Wildman–Crippen MR) is 70.1 cm³/mol. The lowest BCUT2D eigenvalue weighted by Crippen LogP contribution is -2.16. The summed E-state index contributed by atoms with van der Waals surface area (Å²) in [7, 11) is -2.48. The van der Waals surface area contributed by atoms with E-state index in [9.17, 15) is 13.2 Å². The molecule has 6 heteroatoms. The lowest BCUT2D eigenvalue weighted by Gasteiger charge is -2.11. The summed E-state index contributed by atoms with van der Waals surface area (Å²) in [5.74, 6) is -0.614. The lowest BCUT2D eigenvalue weighted by atomic mass is 10.1. The minimum atomic E-state index is -3.77. The van der Waals surface area contributed by atoms with Gasteiger partial charge >= 0.3 is 5.97 Å². The van der Waals surface area contributed by atoms with Crippen molar-refractivity contribution in [2.45, 2.75) is 25.2 Å². The van der Waals surface area contributed by atoms with E-state index in [2.05, 4.69) is 4.74 Å². The number of carbonyl (C=O) groups is 1. The molecular weight excluding hydrogens is 268 g/mol. The highest BCUT2D eigenvalue weighted by atomic mass is 32.2. The van der Waals surface area contributed by atoms with Crippen molar-refractivity contribution in [2.75, 3.05) is 13.7 Å². The van der Waals surface area contributed by atoms with Crippen LogP contribution in [0.5, 0.6) is 0 Å². The minimum Gasteiger partial charge on any atom is -0.469 e. The number of benzene rings is 1. The molecule has 0 amide bonds. The molecule has 1 unspecified atom stereocenters. The highest BCUT2D eigenvalue weighted by molar-refractivity contribution is 7.86. The SMILES string of the molecule is COC(=O)CC(C)COS(=O)(=O)c1ccc(C)cc1. The van der Waals surface area contributed by atoms with Gasteiger partial charge in [-0.15, -0.1) is 0 Å². The van der Waals surface area contributed by atoms with Gasteiger partial charge in [0.1, 0.15) is 0 Å². The normalized spacial score (nSPS) is 13.0. The molecule has 0 aliphatic carbocycles. The maximum absolute atomic E-state index is 11.9. The summed E-state index contributed by atoms with van der Waals surface area (Å²) in [6.45, 7) is 3.54. The van der Waals surface area contributed by atoms with E-state index in [-0.39, 0.29) is 29.8 Å². The van der Waals surface area contributed by atoms with Gasteiger partial charge in [0.25, 0.3) is 10.1 Å². The zero-order valence-corrected chi connectivity index (χ0v) is 12.1. The fourth-order valence-corrected chi connectivity index (χ4v) is 2.42. The van der Waals surface area contributed by atoms with E-state index in [1.54, 1.807) is 19.1 Å². The molecule has 0 aromatic heterocycles. The Morgan fingerprint density at radius 2 is 1.84 bits per heavy atom. The fraction of sp³-hybridized carbons (Fsp3) is 0.462. The number of ether oxygens (including phenoxy) is 1. The van der Waals surface area contributed by atoms with Crippen LogP contribution in [0.3, 0.4) is 0 Å². The Bertz CT molecular complexity index is 518. The maximum Gasteiger partial charge on any atom is 0.305 e. The molecule has 0 fully saturated rings. The van der Waals surface area contributed by atoms with Gasteiger partial charge < -0.3 is 4.74 Å². The van der Waals surface area contributed by atoms with E-state index in [1.165, 1.54) is 19.2 Å². The second-order valence-electron chi connectivity index (χ2n) is 4.44. The van der Waals surface area contributed by atoms with Crippen molar-refractivity contribution in [2.24, 2.45) is 5.92 Å². The second kappa shape index (κ2) is 6.68.